The fourth-order valence-electron chi connectivity index (χ4n) is 2.61. The van der Waals surface area contributed by atoms with Crippen molar-refractivity contribution >= 4 is 39.9 Å². The number of ether oxygens (including phenoxy) is 1. The molecule has 0 atom stereocenters. The predicted octanol–water partition coefficient (Wildman–Crippen LogP) is 5.16. The zero-order valence-electron chi connectivity index (χ0n) is 15.1. The lowest BCUT2D eigenvalue weighted by atomic mass is 10.1. The number of alkyl halides is 3. The Hall–Kier alpha value is -3.37. The number of hydrogen-bond donors (Lipinski definition) is 0. The molecule has 4 aromatic rings. The Morgan fingerprint density at radius 2 is 1.61 bits per heavy atom. The van der Waals surface area contributed by atoms with Gasteiger partial charge in [0.05, 0.1) is 33.3 Å². The molecule has 0 spiro atoms. The molecule has 0 aliphatic rings. The Labute approximate surface area is 181 Å². The van der Waals surface area contributed by atoms with Crippen molar-refractivity contribution in [1.82, 2.24) is 24.9 Å². The van der Waals surface area contributed by atoms with Gasteiger partial charge in [-0.3, -0.25) is 9.78 Å². The van der Waals surface area contributed by atoms with E-state index in [9.17, 15) is 18.0 Å². The Kier molecular flexibility index (Phi) is 5.42. The minimum atomic E-state index is -4.88. The third kappa shape index (κ3) is 4.39. The van der Waals surface area contributed by atoms with E-state index in [1.165, 1.54) is 48.9 Å². The fourth-order valence-corrected chi connectivity index (χ4v) is 2.82. The van der Waals surface area contributed by atoms with Crippen LogP contribution in [0.4, 0.5) is 13.2 Å². The van der Waals surface area contributed by atoms with Gasteiger partial charge in [0.25, 0.3) is 0 Å². The summed E-state index contributed by atoms with van der Waals surface area (Å²) in [6.07, 6.45) is -1.14. The molecule has 0 N–H and O–H groups in total. The van der Waals surface area contributed by atoms with Crippen LogP contribution in [0.25, 0.3) is 10.9 Å². The molecular formula is C19H8Cl2F3N5O2. The first-order chi connectivity index (χ1) is 14.7. The summed E-state index contributed by atoms with van der Waals surface area (Å²) in [5.74, 6) is -2.37. The molecule has 0 bridgehead atoms. The number of fused-ring (bicyclic) bond motifs is 1. The lowest BCUT2D eigenvalue weighted by Crippen LogP contribution is -2.16. The van der Waals surface area contributed by atoms with E-state index in [0.717, 1.165) is 0 Å². The number of benzene rings is 1. The minimum Gasteiger partial charge on any atom is -0.423 e. The van der Waals surface area contributed by atoms with E-state index in [1.54, 1.807) is 0 Å². The normalized spacial score (nSPS) is 11.5. The fraction of sp³-hybridized carbons (Fsp3) is 0.0526. The lowest BCUT2D eigenvalue weighted by molar-refractivity contribution is -0.144. The van der Waals surface area contributed by atoms with Crippen molar-refractivity contribution in [3.63, 3.8) is 0 Å². The summed E-state index contributed by atoms with van der Waals surface area (Å²) in [7, 11) is 0. The second-order valence-electron chi connectivity index (χ2n) is 6.02. The zero-order valence-corrected chi connectivity index (χ0v) is 16.6. The van der Waals surface area contributed by atoms with E-state index in [2.05, 4.69) is 24.9 Å². The lowest BCUT2D eigenvalue weighted by Gasteiger charge is -2.13. The van der Waals surface area contributed by atoms with Gasteiger partial charge in [-0.2, -0.15) is 13.2 Å². The summed E-state index contributed by atoms with van der Waals surface area (Å²) in [6.45, 7) is 0. The van der Waals surface area contributed by atoms with Gasteiger partial charge in [0, 0.05) is 6.20 Å². The van der Waals surface area contributed by atoms with E-state index < -0.39 is 23.5 Å². The summed E-state index contributed by atoms with van der Waals surface area (Å²) in [5.41, 5.74) is -0.863. The third-order valence-electron chi connectivity index (χ3n) is 3.91. The van der Waals surface area contributed by atoms with Gasteiger partial charge in [0.1, 0.15) is 17.1 Å². The van der Waals surface area contributed by atoms with Crippen LogP contribution in [0.3, 0.4) is 0 Å². The Morgan fingerprint density at radius 3 is 2.26 bits per heavy atom. The largest absolute Gasteiger partial charge is 0.451 e. The van der Waals surface area contributed by atoms with Crippen LogP contribution in [-0.2, 0) is 6.18 Å². The first kappa shape index (κ1) is 20.9. The van der Waals surface area contributed by atoms with E-state index in [0.29, 0.717) is 0 Å². The Balaban J connectivity index is 1.93. The number of ketones is 1. The number of nitrogens with zero attached hydrogens (tertiary/aromatic N) is 5. The molecule has 156 valence electrons. The molecule has 0 aliphatic carbocycles. The quantitative estimate of drug-likeness (QED) is 0.384. The van der Waals surface area contributed by atoms with E-state index in [1.807, 2.05) is 0 Å². The van der Waals surface area contributed by atoms with Crippen molar-refractivity contribution in [1.29, 1.82) is 0 Å². The highest BCUT2D eigenvalue weighted by molar-refractivity contribution is 6.30. The number of rotatable bonds is 4. The molecule has 1 aromatic carbocycles. The van der Waals surface area contributed by atoms with Crippen LogP contribution in [0.1, 0.15) is 22.0 Å². The van der Waals surface area contributed by atoms with Crippen molar-refractivity contribution in [3.05, 3.63) is 76.2 Å². The zero-order chi connectivity index (χ0) is 22.2. The predicted molar refractivity (Wildman–Crippen MR) is 104 cm³/mol. The van der Waals surface area contributed by atoms with Gasteiger partial charge in [-0.1, -0.05) is 29.3 Å². The standard InChI is InChI=1S/C19H8Cl2F3N5O2/c20-9-4-5-12(25-6-9)16(30)15-14-11(28-17(29-15)19(22,23)24)2-1-3-13(14)31-18-26-7-10(21)8-27-18/h1-8H. The van der Waals surface area contributed by atoms with Crippen LogP contribution in [0, 0.1) is 0 Å². The van der Waals surface area contributed by atoms with Crippen LogP contribution in [0.15, 0.2) is 48.9 Å². The molecule has 12 heteroatoms. The molecule has 7 nitrogen and oxygen atoms in total. The van der Waals surface area contributed by atoms with Gasteiger partial charge < -0.3 is 4.74 Å². The Morgan fingerprint density at radius 1 is 0.903 bits per heavy atom. The molecule has 0 unspecified atom stereocenters. The molecule has 0 aliphatic heterocycles. The SMILES string of the molecule is O=C(c1ccc(Cl)cn1)c1nc(C(F)(F)F)nc2cccc(Oc3ncc(Cl)cn3)c12. The van der Waals surface area contributed by atoms with Crippen molar-refractivity contribution in [2.45, 2.75) is 6.18 Å². The van der Waals surface area contributed by atoms with Crippen molar-refractivity contribution in [2.24, 2.45) is 0 Å². The number of carbonyl (C=O) groups excluding carboxylic acids is 1. The molecular weight excluding hydrogens is 458 g/mol. The topological polar surface area (TPSA) is 90.8 Å². The third-order valence-corrected chi connectivity index (χ3v) is 4.33. The highest BCUT2D eigenvalue weighted by atomic mass is 35.5. The Bertz CT molecular complexity index is 1280. The molecule has 3 aromatic heterocycles. The van der Waals surface area contributed by atoms with Gasteiger partial charge in [-0.15, -0.1) is 0 Å². The van der Waals surface area contributed by atoms with Crippen LogP contribution in [0.2, 0.25) is 10.0 Å². The molecule has 0 saturated heterocycles. The van der Waals surface area contributed by atoms with E-state index >= 15 is 0 Å². The number of aromatic nitrogens is 5. The van der Waals surface area contributed by atoms with Crippen molar-refractivity contribution < 1.29 is 22.7 Å². The summed E-state index contributed by atoms with van der Waals surface area (Å²) in [4.78, 5) is 31.7. The molecule has 0 amide bonds. The average molecular weight is 466 g/mol. The summed E-state index contributed by atoms with van der Waals surface area (Å²) >= 11 is 11.5. The monoisotopic (exact) mass is 465 g/mol. The molecule has 4 rings (SSSR count). The molecule has 0 fully saturated rings. The smallest absolute Gasteiger partial charge is 0.423 e. The van der Waals surface area contributed by atoms with Crippen molar-refractivity contribution in [3.8, 4) is 11.8 Å². The van der Waals surface area contributed by atoms with Gasteiger partial charge in [-0.25, -0.2) is 19.9 Å². The van der Waals surface area contributed by atoms with Crippen LogP contribution in [-0.4, -0.2) is 30.7 Å². The first-order valence-corrected chi connectivity index (χ1v) is 9.17. The second-order valence-corrected chi connectivity index (χ2v) is 6.89. The van der Waals surface area contributed by atoms with Gasteiger partial charge in [0.2, 0.25) is 11.6 Å². The van der Waals surface area contributed by atoms with Crippen molar-refractivity contribution in [2.75, 3.05) is 0 Å². The summed E-state index contributed by atoms with van der Waals surface area (Å²) in [6, 6.07) is 6.65. The second kappa shape index (κ2) is 8.05. The number of carbonyl (C=O) groups is 1. The van der Waals surface area contributed by atoms with Gasteiger partial charge >= 0.3 is 12.2 Å². The maximum absolute atomic E-state index is 13.4. The van der Waals surface area contributed by atoms with Gasteiger partial charge in [0.15, 0.2) is 0 Å². The van der Waals surface area contributed by atoms with E-state index in [-0.39, 0.29) is 38.4 Å². The summed E-state index contributed by atoms with van der Waals surface area (Å²) in [5, 5.41) is 0.452. The highest BCUT2D eigenvalue weighted by Gasteiger charge is 2.37. The van der Waals surface area contributed by atoms with E-state index in [4.69, 9.17) is 27.9 Å². The number of pyridine rings is 1. The average Bonchev–Trinajstić information content (AvgIpc) is 2.74. The maximum atomic E-state index is 13.4. The first-order valence-electron chi connectivity index (χ1n) is 8.42. The van der Waals surface area contributed by atoms with Gasteiger partial charge in [-0.05, 0) is 24.3 Å². The number of hydrogen-bond acceptors (Lipinski definition) is 7. The molecule has 31 heavy (non-hydrogen) atoms. The minimum absolute atomic E-state index is 0.0224. The van der Waals surface area contributed by atoms with Crippen LogP contribution < -0.4 is 4.74 Å². The highest BCUT2D eigenvalue weighted by Crippen LogP contribution is 2.34. The maximum Gasteiger partial charge on any atom is 0.451 e. The summed E-state index contributed by atoms with van der Waals surface area (Å²) < 4.78 is 45.7. The molecule has 0 radical (unpaired) electrons. The van der Waals surface area contributed by atoms with Crippen LogP contribution >= 0.6 is 23.2 Å². The van der Waals surface area contributed by atoms with Crippen LogP contribution in [0.5, 0.6) is 11.8 Å². The molecule has 3 heterocycles. The molecule has 0 saturated carbocycles. The number of halogens is 5.